The molecule has 2 unspecified atom stereocenters. The molecule has 0 bridgehead atoms. The van der Waals surface area contributed by atoms with E-state index in [0.29, 0.717) is 12.0 Å². The second-order valence-electron chi connectivity index (χ2n) is 7.49. The van der Waals surface area contributed by atoms with Gasteiger partial charge < -0.3 is 15.2 Å². The topological polar surface area (TPSA) is 97.8 Å². The van der Waals surface area contributed by atoms with Gasteiger partial charge in [-0.15, -0.1) is 34.2 Å². The van der Waals surface area contributed by atoms with Crippen LogP contribution in [0.5, 0.6) is 0 Å². The van der Waals surface area contributed by atoms with Gasteiger partial charge in [-0.05, 0) is 25.7 Å². The number of hydrogen-bond acceptors (Lipinski definition) is 5. The molecule has 9 nitrogen and oxygen atoms in total. The normalized spacial score (nSPS) is 21.5. The van der Waals surface area contributed by atoms with Gasteiger partial charge in [0.15, 0.2) is 11.8 Å². The molecule has 0 saturated heterocycles. The van der Waals surface area contributed by atoms with E-state index in [2.05, 4.69) is 47.4 Å². The highest BCUT2D eigenvalue weighted by Gasteiger charge is 2.24. The first kappa shape index (κ1) is 21.0. The van der Waals surface area contributed by atoms with E-state index in [9.17, 15) is 0 Å². The van der Waals surface area contributed by atoms with Crippen LogP contribution in [0.2, 0.25) is 0 Å². The Morgan fingerprint density at radius 3 is 2.79 bits per heavy atom. The maximum absolute atomic E-state index is 4.59. The molecule has 10 heteroatoms. The molecule has 0 saturated carbocycles. The first-order valence-corrected chi connectivity index (χ1v) is 9.94. The maximum atomic E-state index is 4.59. The number of halogens is 1. The van der Waals surface area contributed by atoms with Crippen molar-refractivity contribution < 1.29 is 0 Å². The molecule has 4 rings (SSSR count). The van der Waals surface area contributed by atoms with E-state index < -0.39 is 0 Å². The Hall–Kier alpha value is -1.72. The largest absolute Gasteiger partial charge is 0.356 e. The van der Waals surface area contributed by atoms with Crippen LogP contribution < -0.4 is 10.6 Å². The predicted molar refractivity (Wildman–Crippen MR) is 118 cm³/mol. The molecule has 0 aromatic carbocycles. The van der Waals surface area contributed by atoms with Crippen LogP contribution in [0.3, 0.4) is 0 Å². The minimum atomic E-state index is 0. The third-order valence-electron chi connectivity index (χ3n) is 5.57. The minimum absolute atomic E-state index is 0. The SMILES string of the molecule is CCc1nc2n(n1)CC(NC(=NC)NCC1CCc3nnc(C)n3C1)CC2.I. The van der Waals surface area contributed by atoms with E-state index in [4.69, 9.17) is 0 Å². The number of nitrogens with one attached hydrogen (secondary N) is 2. The lowest BCUT2D eigenvalue weighted by molar-refractivity contribution is 0.354. The van der Waals surface area contributed by atoms with Crippen LogP contribution in [0.4, 0.5) is 0 Å². The third kappa shape index (κ3) is 4.47. The summed E-state index contributed by atoms with van der Waals surface area (Å²) >= 11 is 0. The molecule has 2 aliphatic rings. The van der Waals surface area contributed by atoms with Crippen molar-refractivity contribution in [1.29, 1.82) is 0 Å². The van der Waals surface area contributed by atoms with Gasteiger partial charge >= 0.3 is 0 Å². The highest BCUT2D eigenvalue weighted by Crippen LogP contribution is 2.19. The summed E-state index contributed by atoms with van der Waals surface area (Å²) in [5.74, 6) is 5.60. The van der Waals surface area contributed by atoms with Crippen molar-refractivity contribution in [3.8, 4) is 0 Å². The van der Waals surface area contributed by atoms with Gasteiger partial charge in [-0.25, -0.2) is 9.67 Å². The van der Waals surface area contributed by atoms with E-state index in [0.717, 1.165) is 81.0 Å². The van der Waals surface area contributed by atoms with Crippen molar-refractivity contribution in [2.24, 2.45) is 10.9 Å². The number of aromatic nitrogens is 6. The van der Waals surface area contributed by atoms with Crippen LogP contribution in [0, 0.1) is 12.8 Å². The number of nitrogens with zero attached hydrogens (tertiary/aromatic N) is 7. The Morgan fingerprint density at radius 1 is 1.18 bits per heavy atom. The van der Waals surface area contributed by atoms with Gasteiger partial charge in [0.25, 0.3) is 0 Å². The standard InChI is InChI=1S/C18H29N9.HI/c1-4-15-22-16-8-6-14(11-27(16)25-15)21-18(19-3)20-9-13-5-7-17-24-23-12(2)26(17)10-13;/h13-14H,4-11H2,1-3H3,(H2,19,20,21);1H. The van der Waals surface area contributed by atoms with Crippen molar-refractivity contribution in [2.75, 3.05) is 13.6 Å². The molecule has 0 spiro atoms. The van der Waals surface area contributed by atoms with Crippen molar-refractivity contribution in [3.05, 3.63) is 23.3 Å². The monoisotopic (exact) mass is 499 g/mol. The zero-order valence-corrected chi connectivity index (χ0v) is 19.2. The number of guanidine groups is 1. The van der Waals surface area contributed by atoms with E-state index in [1.165, 1.54) is 0 Å². The number of hydrogen-bond donors (Lipinski definition) is 2. The van der Waals surface area contributed by atoms with Crippen LogP contribution >= 0.6 is 24.0 Å². The van der Waals surface area contributed by atoms with Gasteiger partial charge in [0.1, 0.15) is 17.5 Å². The Morgan fingerprint density at radius 2 is 2.00 bits per heavy atom. The molecule has 2 aliphatic heterocycles. The molecule has 0 radical (unpaired) electrons. The van der Waals surface area contributed by atoms with Gasteiger partial charge in [-0.1, -0.05) is 6.92 Å². The van der Waals surface area contributed by atoms with E-state index in [1.807, 2.05) is 18.7 Å². The Balaban J connectivity index is 0.00000225. The van der Waals surface area contributed by atoms with Gasteiger partial charge in [0.2, 0.25) is 0 Å². The lowest BCUT2D eigenvalue weighted by atomic mass is 9.99. The van der Waals surface area contributed by atoms with E-state index >= 15 is 0 Å². The van der Waals surface area contributed by atoms with Gasteiger partial charge in [-0.3, -0.25) is 4.99 Å². The van der Waals surface area contributed by atoms with Crippen molar-refractivity contribution >= 4 is 29.9 Å². The molecule has 4 heterocycles. The Kier molecular flexibility index (Phi) is 6.89. The maximum Gasteiger partial charge on any atom is 0.191 e. The summed E-state index contributed by atoms with van der Waals surface area (Å²) in [5, 5.41) is 20.1. The van der Waals surface area contributed by atoms with Crippen LogP contribution in [0.25, 0.3) is 0 Å². The van der Waals surface area contributed by atoms with Crippen molar-refractivity contribution in [3.63, 3.8) is 0 Å². The molecule has 2 N–H and O–H groups in total. The first-order chi connectivity index (χ1) is 13.2. The van der Waals surface area contributed by atoms with Crippen LogP contribution in [-0.2, 0) is 32.4 Å². The molecule has 154 valence electrons. The fourth-order valence-electron chi connectivity index (χ4n) is 3.95. The number of aliphatic imine (C=N–C) groups is 1. The van der Waals surface area contributed by atoms with Gasteiger partial charge in [0.05, 0.1) is 6.54 Å². The molecule has 0 amide bonds. The van der Waals surface area contributed by atoms with Crippen LogP contribution in [-0.4, -0.2) is 55.1 Å². The molecule has 2 aromatic heterocycles. The summed E-state index contributed by atoms with van der Waals surface area (Å²) < 4.78 is 4.29. The Labute approximate surface area is 182 Å². The van der Waals surface area contributed by atoms with Crippen molar-refractivity contribution in [1.82, 2.24) is 40.2 Å². The summed E-state index contributed by atoms with van der Waals surface area (Å²) in [4.78, 5) is 9.00. The third-order valence-corrected chi connectivity index (χ3v) is 5.57. The smallest absolute Gasteiger partial charge is 0.191 e. The average molecular weight is 499 g/mol. The van der Waals surface area contributed by atoms with E-state index in [1.54, 1.807) is 0 Å². The van der Waals surface area contributed by atoms with E-state index in [-0.39, 0.29) is 24.0 Å². The lowest BCUT2D eigenvalue weighted by Crippen LogP contribution is -2.48. The molecule has 28 heavy (non-hydrogen) atoms. The molecule has 0 aliphatic carbocycles. The zero-order chi connectivity index (χ0) is 18.8. The second-order valence-corrected chi connectivity index (χ2v) is 7.49. The van der Waals surface area contributed by atoms with Crippen molar-refractivity contribution in [2.45, 2.75) is 65.1 Å². The number of aryl methyl sites for hydroxylation is 4. The number of rotatable bonds is 4. The van der Waals surface area contributed by atoms with Gasteiger partial charge in [-0.2, -0.15) is 5.10 Å². The fourth-order valence-corrected chi connectivity index (χ4v) is 3.95. The predicted octanol–water partition coefficient (Wildman–Crippen LogP) is 1.10. The highest BCUT2D eigenvalue weighted by molar-refractivity contribution is 14.0. The average Bonchev–Trinajstić information content (AvgIpc) is 3.28. The van der Waals surface area contributed by atoms with Crippen LogP contribution in [0.1, 0.15) is 43.1 Å². The molecular weight excluding hydrogens is 469 g/mol. The van der Waals surface area contributed by atoms with Crippen LogP contribution in [0.15, 0.2) is 4.99 Å². The number of fused-ring (bicyclic) bond motifs is 2. The quantitative estimate of drug-likeness (QED) is 0.372. The second kappa shape index (κ2) is 9.19. The summed E-state index contributed by atoms with van der Waals surface area (Å²) in [6, 6.07) is 0.327. The summed E-state index contributed by atoms with van der Waals surface area (Å²) in [5.41, 5.74) is 0. The molecular formula is C18H30IN9. The molecule has 2 atom stereocenters. The lowest BCUT2D eigenvalue weighted by Gasteiger charge is -2.28. The summed E-state index contributed by atoms with van der Waals surface area (Å²) in [6.07, 6.45) is 5.02. The first-order valence-electron chi connectivity index (χ1n) is 9.94. The summed E-state index contributed by atoms with van der Waals surface area (Å²) in [6.45, 7) is 6.84. The Bertz CT molecular complexity index is 825. The zero-order valence-electron chi connectivity index (χ0n) is 16.9. The highest BCUT2D eigenvalue weighted by atomic mass is 127. The molecule has 2 aromatic rings. The molecule has 0 fully saturated rings. The fraction of sp³-hybridized carbons (Fsp3) is 0.722. The summed E-state index contributed by atoms with van der Waals surface area (Å²) in [7, 11) is 1.83. The van der Waals surface area contributed by atoms with Gasteiger partial charge in [0, 0.05) is 45.4 Å². The minimum Gasteiger partial charge on any atom is -0.356 e.